The summed E-state index contributed by atoms with van der Waals surface area (Å²) in [5.74, 6) is 0.430. The van der Waals surface area contributed by atoms with Crippen molar-refractivity contribution >= 4 is 34.9 Å². The second-order valence-electron chi connectivity index (χ2n) is 7.60. The van der Waals surface area contributed by atoms with Crippen molar-refractivity contribution < 1.29 is 23.9 Å². The molecule has 7 nitrogen and oxygen atoms in total. The van der Waals surface area contributed by atoms with E-state index >= 15 is 0 Å². The number of hydrogen-bond donors (Lipinski definition) is 0. The number of ether oxygens (including phenoxy) is 2. The number of benzene rings is 1. The van der Waals surface area contributed by atoms with E-state index in [4.69, 9.17) is 9.47 Å². The van der Waals surface area contributed by atoms with Gasteiger partial charge in [0, 0.05) is 13.1 Å². The van der Waals surface area contributed by atoms with Gasteiger partial charge in [-0.2, -0.15) is 0 Å². The topological polar surface area (TPSA) is 76.2 Å². The summed E-state index contributed by atoms with van der Waals surface area (Å²) in [4.78, 5) is 40.7. The van der Waals surface area contributed by atoms with Crippen LogP contribution in [0.15, 0.2) is 17.0 Å². The number of rotatable bonds is 6. The fraction of sp³-hybridized carbons (Fsp3) is 0.500. The number of nitrogens with zero attached hydrogens (tertiary/aromatic N) is 2. The van der Waals surface area contributed by atoms with Crippen LogP contribution >= 0.6 is 11.8 Å². The van der Waals surface area contributed by atoms with Gasteiger partial charge in [-0.25, -0.2) is 0 Å². The molecule has 0 radical (unpaired) electrons. The van der Waals surface area contributed by atoms with Crippen LogP contribution in [0.25, 0.3) is 6.08 Å². The minimum absolute atomic E-state index is 0.235. The quantitative estimate of drug-likeness (QED) is 0.641. The van der Waals surface area contributed by atoms with Crippen LogP contribution in [0, 0.1) is 6.92 Å². The summed E-state index contributed by atoms with van der Waals surface area (Å²) in [6, 6.07) is 3.98. The van der Waals surface area contributed by atoms with Crippen molar-refractivity contribution in [3.8, 4) is 5.75 Å². The van der Waals surface area contributed by atoms with Gasteiger partial charge in [-0.1, -0.05) is 13.8 Å². The molecule has 0 aliphatic carbocycles. The van der Waals surface area contributed by atoms with E-state index in [1.54, 1.807) is 11.0 Å². The molecule has 0 aromatic heterocycles. The Morgan fingerprint density at radius 3 is 2.60 bits per heavy atom. The normalized spacial score (nSPS) is 18.6. The molecule has 0 spiro atoms. The Hall–Kier alpha value is -2.32. The molecule has 8 heteroatoms. The Morgan fingerprint density at radius 2 is 1.97 bits per heavy atom. The van der Waals surface area contributed by atoms with Gasteiger partial charge in [0.1, 0.15) is 12.3 Å². The fourth-order valence-electron chi connectivity index (χ4n) is 3.43. The summed E-state index contributed by atoms with van der Waals surface area (Å²) in [5, 5.41) is -0.416. The Balaban J connectivity index is 1.81. The van der Waals surface area contributed by atoms with Crippen molar-refractivity contribution in [1.82, 2.24) is 9.80 Å². The number of morpholine rings is 1. The van der Waals surface area contributed by atoms with Gasteiger partial charge in [0.15, 0.2) is 0 Å². The van der Waals surface area contributed by atoms with E-state index < -0.39 is 11.1 Å². The molecule has 2 heterocycles. The number of carbonyl (C=O) groups is 3. The molecule has 3 rings (SSSR count). The Morgan fingerprint density at radius 1 is 1.27 bits per heavy atom. The maximum absolute atomic E-state index is 12.8. The summed E-state index contributed by atoms with van der Waals surface area (Å²) in [5.41, 5.74) is 2.88. The van der Waals surface area contributed by atoms with Gasteiger partial charge < -0.3 is 14.4 Å². The number of hydrogen-bond acceptors (Lipinski definition) is 6. The van der Waals surface area contributed by atoms with Crippen LogP contribution in [0.1, 0.15) is 43.4 Å². The largest absolute Gasteiger partial charge is 0.494 e. The monoisotopic (exact) mass is 432 g/mol. The second-order valence-corrected chi connectivity index (χ2v) is 8.59. The van der Waals surface area contributed by atoms with Gasteiger partial charge in [0.2, 0.25) is 5.91 Å². The summed E-state index contributed by atoms with van der Waals surface area (Å²) in [7, 11) is 0. The summed E-state index contributed by atoms with van der Waals surface area (Å²) < 4.78 is 11.0. The number of aryl methyl sites for hydroxylation is 1. The highest BCUT2D eigenvalue weighted by Gasteiger charge is 2.37. The van der Waals surface area contributed by atoms with E-state index in [9.17, 15) is 14.4 Å². The predicted molar refractivity (Wildman–Crippen MR) is 117 cm³/mol. The third kappa shape index (κ3) is 4.87. The van der Waals surface area contributed by atoms with E-state index in [2.05, 4.69) is 13.8 Å². The molecule has 2 aliphatic heterocycles. The van der Waals surface area contributed by atoms with Crippen LogP contribution in [0.3, 0.4) is 0 Å². The fourth-order valence-corrected chi connectivity index (χ4v) is 4.26. The predicted octanol–water partition coefficient (Wildman–Crippen LogP) is 3.41. The van der Waals surface area contributed by atoms with Crippen LogP contribution in [0.5, 0.6) is 5.75 Å². The lowest BCUT2D eigenvalue weighted by Gasteiger charge is -2.28. The third-order valence-corrected chi connectivity index (χ3v) is 6.05. The lowest BCUT2D eigenvalue weighted by atomic mass is 9.96. The van der Waals surface area contributed by atoms with E-state index in [-0.39, 0.29) is 18.4 Å². The van der Waals surface area contributed by atoms with Gasteiger partial charge in [-0.3, -0.25) is 19.3 Å². The van der Waals surface area contributed by atoms with Gasteiger partial charge in [0.05, 0.1) is 24.7 Å². The minimum atomic E-state index is -0.425. The standard InChI is InChI=1S/C22H28N2O5S/c1-5-29-18-10-15(4)16(11-17(18)14(2)3)12-19-21(26)24(22(27)30-19)13-20(25)23-6-8-28-9-7-23/h10-12,14H,5-9,13H2,1-4H3. The molecule has 3 amide bonds. The van der Waals surface area contributed by atoms with Gasteiger partial charge in [-0.05, 0) is 66.4 Å². The molecular formula is C22H28N2O5S. The molecule has 0 unspecified atom stereocenters. The van der Waals surface area contributed by atoms with Gasteiger partial charge >= 0.3 is 0 Å². The molecule has 162 valence electrons. The van der Waals surface area contributed by atoms with Crippen LogP contribution in [0.2, 0.25) is 0 Å². The molecule has 0 saturated carbocycles. The third-order valence-electron chi connectivity index (χ3n) is 5.14. The number of imide groups is 1. The zero-order chi connectivity index (χ0) is 21.8. The van der Waals surface area contributed by atoms with Crippen LogP contribution < -0.4 is 4.74 Å². The average Bonchev–Trinajstić information content (AvgIpc) is 2.98. The highest BCUT2D eigenvalue weighted by Crippen LogP contribution is 2.35. The molecular weight excluding hydrogens is 404 g/mol. The zero-order valence-corrected chi connectivity index (χ0v) is 18.7. The molecule has 30 heavy (non-hydrogen) atoms. The SMILES string of the molecule is CCOc1cc(C)c(C=C2SC(=O)N(CC(=O)N3CCOCC3)C2=O)cc1C(C)C. The first-order valence-corrected chi connectivity index (χ1v) is 11.0. The van der Waals surface area contributed by atoms with E-state index in [1.165, 1.54) is 0 Å². The van der Waals surface area contributed by atoms with Crippen LogP contribution in [0.4, 0.5) is 4.79 Å². The minimum Gasteiger partial charge on any atom is -0.494 e. The second kappa shape index (κ2) is 9.66. The van der Waals surface area contributed by atoms with Gasteiger partial charge in [0.25, 0.3) is 11.1 Å². The number of thioether (sulfide) groups is 1. The van der Waals surface area contributed by atoms with E-state index in [0.29, 0.717) is 37.8 Å². The number of amides is 3. The van der Waals surface area contributed by atoms with Crippen molar-refractivity contribution in [2.24, 2.45) is 0 Å². The van der Waals surface area contributed by atoms with Crippen molar-refractivity contribution in [3.05, 3.63) is 33.7 Å². The summed E-state index contributed by atoms with van der Waals surface area (Å²) >= 11 is 0.875. The molecule has 1 aromatic carbocycles. The highest BCUT2D eigenvalue weighted by atomic mass is 32.2. The van der Waals surface area contributed by atoms with Crippen molar-refractivity contribution in [1.29, 1.82) is 0 Å². The smallest absolute Gasteiger partial charge is 0.294 e. The van der Waals surface area contributed by atoms with Gasteiger partial charge in [-0.15, -0.1) is 0 Å². The van der Waals surface area contributed by atoms with Crippen molar-refractivity contribution in [2.45, 2.75) is 33.6 Å². The lowest BCUT2D eigenvalue weighted by Crippen LogP contribution is -2.46. The Bertz CT molecular complexity index is 875. The summed E-state index contributed by atoms with van der Waals surface area (Å²) in [6.07, 6.45) is 1.74. The maximum atomic E-state index is 12.8. The Labute approximate surface area is 181 Å². The maximum Gasteiger partial charge on any atom is 0.294 e. The molecule has 0 bridgehead atoms. The molecule has 2 fully saturated rings. The zero-order valence-electron chi connectivity index (χ0n) is 17.9. The van der Waals surface area contributed by atoms with Crippen LogP contribution in [-0.4, -0.2) is 66.3 Å². The molecule has 0 atom stereocenters. The van der Waals surface area contributed by atoms with E-state index in [1.807, 2.05) is 26.0 Å². The first-order chi connectivity index (χ1) is 14.3. The van der Waals surface area contributed by atoms with Crippen LogP contribution in [-0.2, 0) is 14.3 Å². The van der Waals surface area contributed by atoms with Crippen molar-refractivity contribution in [2.75, 3.05) is 39.5 Å². The lowest BCUT2D eigenvalue weighted by molar-refractivity contribution is -0.139. The van der Waals surface area contributed by atoms with Crippen molar-refractivity contribution in [3.63, 3.8) is 0 Å². The molecule has 2 aliphatic rings. The van der Waals surface area contributed by atoms with E-state index in [0.717, 1.165) is 39.1 Å². The Kier molecular flexibility index (Phi) is 7.20. The molecule has 2 saturated heterocycles. The molecule has 1 aromatic rings. The first-order valence-electron chi connectivity index (χ1n) is 10.2. The molecule has 0 N–H and O–H groups in total. The summed E-state index contributed by atoms with van der Waals surface area (Å²) in [6.45, 7) is 10.3. The number of carbonyl (C=O) groups excluding carboxylic acids is 3. The first kappa shape index (κ1) is 22.4. The highest BCUT2D eigenvalue weighted by molar-refractivity contribution is 8.18. The average molecular weight is 433 g/mol.